The summed E-state index contributed by atoms with van der Waals surface area (Å²) in [6.07, 6.45) is 5.22. The van der Waals surface area contributed by atoms with Gasteiger partial charge < -0.3 is 10.5 Å². The summed E-state index contributed by atoms with van der Waals surface area (Å²) in [5.74, 6) is 2.29. The molecule has 0 spiro atoms. The smallest absolute Gasteiger partial charge is 0.124 e. The lowest BCUT2D eigenvalue weighted by atomic mass is 9.74. The molecule has 0 aromatic heterocycles. The van der Waals surface area contributed by atoms with Gasteiger partial charge in [0.15, 0.2) is 0 Å². The molecule has 3 atom stereocenters. The van der Waals surface area contributed by atoms with Crippen molar-refractivity contribution in [2.24, 2.45) is 17.6 Å². The van der Waals surface area contributed by atoms with Crippen molar-refractivity contribution in [1.82, 2.24) is 0 Å². The Labute approximate surface area is 96.8 Å². The summed E-state index contributed by atoms with van der Waals surface area (Å²) in [5, 5.41) is 0. The highest BCUT2D eigenvalue weighted by Gasteiger charge is 2.34. The zero-order valence-electron chi connectivity index (χ0n) is 9.56. The van der Waals surface area contributed by atoms with E-state index >= 15 is 0 Å². The highest BCUT2D eigenvalue weighted by molar-refractivity contribution is 5.37. The summed E-state index contributed by atoms with van der Waals surface area (Å²) >= 11 is 0. The van der Waals surface area contributed by atoms with Gasteiger partial charge in [0.25, 0.3) is 0 Å². The van der Waals surface area contributed by atoms with E-state index in [1.807, 2.05) is 12.1 Å². The summed E-state index contributed by atoms with van der Waals surface area (Å²) < 4.78 is 5.91. The van der Waals surface area contributed by atoms with E-state index in [2.05, 4.69) is 12.1 Å². The van der Waals surface area contributed by atoms with E-state index in [4.69, 9.17) is 10.5 Å². The van der Waals surface area contributed by atoms with E-state index in [-0.39, 0.29) is 6.04 Å². The van der Waals surface area contributed by atoms with Crippen LogP contribution in [0.4, 0.5) is 0 Å². The quantitative estimate of drug-likeness (QED) is 0.725. The fourth-order valence-corrected chi connectivity index (χ4v) is 3.23. The summed E-state index contributed by atoms with van der Waals surface area (Å²) in [6, 6.07) is 8.43. The van der Waals surface area contributed by atoms with Gasteiger partial charge in [-0.2, -0.15) is 0 Å². The van der Waals surface area contributed by atoms with Crippen LogP contribution in [0.1, 0.15) is 37.3 Å². The molecule has 2 heteroatoms. The molecular formula is C14H19NO. The lowest BCUT2D eigenvalue weighted by Crippen LogP contribution is -2.31. The molecule has 3 rings (SSSR count). The predicted molar refractivity (Wildman–Crippen MR) is 64.3 cm³/mol. The fourth-order valence-electron chi connectivity index (χ4n) is 3.23. The number of rotatable bonds is 0. The maximum atomic E-state index is 6.42. The van der Waals surface area contributed by atoms with Crippen LogP contribution in [0.3, 0.4) is 0 Å². The molecule has 0 unspecified atom stereocenters. The Morgan fingerprint density at radius 2 is 1.94 bits per heavy atom. The molecule has 2 nitrogen and oxygen atoms in total. The van der Waals surface area contributed by atoms with Crippen molar-refractivity contribution >= 4 is 0 Å². The Balaban J connectivity index is 1.96. The molecule has 1 saturated carbocycles. The second kappa shape index (κ2) is 4.10. The first-order valence-electron chi connectivity index (χ1n) is 6.33. The van der Waals surface area contributed by atoms with Crippen LogP contribution < -0.4 is 10.5 Å². The van der Waals surface area contributed by atoms with Crippen LogP contribution in [0.15, 0.2) is 24.3 Å². The van der Waals surface area contributed by atoms with Gasteiger partial charge in [-0.3, -0.25) is 0 Å². The summed E-state index contributed by atoms with van der Waals surface area (Å²) in [4.78, 5) is 0. The zero-order valence-corrected chi connectivity index (χ0v) is 9.56. The molecule has 0 radical (unpaired) electrons. The van der Waals surface area contributed by atoms with Gasteiger partial charge in [-0.25, -0.2) is 0 Å². The number of nitrogens with two attached hydrogens (primary N) is 1. The Hall–Kier alpha value is -1.02. The van der Waals surface area contributed by atoms with E-state index < -0.39 is 0 Å². The third-order valence-electron chi connectivity index (χ3n) is 4.16. The Kier molecular flexibility index (Phi) is 2.60. The Morgan fingerprint density at radius 1 is 1.12 bits per heavy atom. The number of para-hydroxylation sites is 1. The van der Waals surface area contributed by atoms with Crippen molar-refractivity contribution in [3.8, 4) is 5.75 Å². The molecule has 16 heavy (non-hydrogen) atoms. The molecule has 1 fully saturated rings. The number of hydrogen-bond donors (Lipinski definition) is 1. The van der Waals surface area contributed by atoms with Crippen LogP contribution in [-0.4, -0.2) is 6.61 Å². The van der Waals surface area contributed by atoms with Gasteiger partial charge in [0.05, 0.1) is 6.61 Å². The van der Waals surface area contributed by atoms with Crippen LogP contribution in [0.2, 0.25) is 0 Å². The summed E-state index contributed by atoms with van der Waals surface area (Å²) in [5.41, 5.74) is 7.63. The van der Waals surface area contributed by atoms with Gasteiger partial charge in [-0.1, -0.05) is 31.0 Å². The lowest BCUT2D eigenvalue weighted by molar-refractivity contribution is 0.148. The highest BCUT2D eigenvalue weighted by atomic mass is 16.5. The molecule has 1 aromatic rings. The molecular weight excluding hydrogens is 198 g/mol. The summed E-state index contributed by atoms with van der Waals surface area (Å²) in [7, 11) is 0. The highest BCUT2D eigenvalue weighted by Crippen LogP contribution is 2.42. The average molecular weight is 217 g/mol. The van der Waals surface area contributed by atoms with E-state index in [9.17, 15) is 0 Å². The van der Waals surface area contributed by atoms with E-state index in [1.165, 1.54) is 31.2 Å². The van der Waals surface area contributed by atoms with Gasteiger partial charge in [-0.15, -0.1) is 0 Å². The maximum Gasteiger partial charge on any atom is 0.124 e. The van der Waals surface area contributed by atoms with Crippen molar-refractivity contribution < 1.29 is 4.74 Å². The molecule has 0 amide bonds. The topological polar surface area (TPSA) is 35.2 Å². The van der Waals surface area contributed by atoms with Gasteiger partial charge in [0.2, 0.25) is 0 Å². The summed E-state index contributed by atoms with van der Waals surface area (Å²) in [6.45, 7) is 0.857. The monoisotopic (exact) mass is 217 g/mol. The molecule has 2 aliphatic rings. The van der Waals surface area contributed by atoms with Gasteiger partial charge in [0.1, 0.15) is 5.75 Å². The van der Waals surface area contributed by atoms with Crippen molar-refractivity contribution in [3.05, 3.63) is 29.8 Å². The fraction of sp³-hybridized carbons (Fsp3) is 0.571. The van der Waals surface area contributed by atoms with Crippen molar-refractivity contribution in [3.63, 3.8) is 0 Å². The first kappa shape index (κ1) is 10.2. The largest absolute Gasteiger partial charge is 0.493 e. The molecule has 2 N–H and O–H groups in total. The number of benzene rings is 1. The third-order valence-corrected chi connectivity index (χ3v) is 4.16. The van der Waals surface area contributed by atoms with Crippen molar-refractivity contribution in [2.75, 3.05) is 6.61 Å². The second-order valence-electron chi connectivity index (χ2n) is 5.08. The predicted octanol–water partition coefficient (Wildman–Crippen LogP) is 2.89. The molecule has 0 bridgehead atoms. The molecule has 86 valence electrons. The third kappa shape index (κ3) is 1.61. The number of fused-ring (bicyclic) bond motifs is 2. The maximum absolute atomic E-state index is 6.42. The Morgan fingerprint density at radius 3 is 2.88 bits per heavy atom. The number of ether oxygens (including phenoxy) is 1. The first-order valence-corrected chi connectivity index (χ1v) is 6.33. The van der Waals surface area contributed by atoms with Gasteiger partial charge in [0, 0.05) is 11.6 Å². The van der Waals surface area contributed by atoms with Crippen molar-refractivity contribution in [2.45, 2.75) is 31.7 Å². The van der Waals surface area contributed by atoms with Crippen LogP contribution in [0.5, 0.6) is 5.75 Å². The van der Waals surface area contributed by atoms with E-state index in [1.54, 1.807) is 0 Å². The van der Waals surface area contributed by atoms with Crippen LogP contribution in [0.25, 0.3) is 0 Å². The molecule has 1 aliphatic heterocycles. The molecule has 1 heterocycles. The normalized spacial score (nSPS) is 33.2. The average Bonchev–Trinajstić information content (AvgIpc) is 2.49. The lowest BCUT2D eigenvalue weighted by Gasteiger charge is -2.32. The number of hydrogen-bond acceptors (Lipinski definition) is 2. The SMILES string of the molecule is N[C@@H]1c2ccccc2OC[C@@H]2CCCC[C@H]21. The minimum atomic E-state index is 0.170. The zero-order chi connectivity index (χ0) is 11.0. The molecule has 1 aromatic carbocycles. The van der Waals surface area contributed by atoms with E-state index in [0.717, 1.165) is 12.4 Å². The van der Waals surface area contributed by atoms with Gasteiger partial charge in [-0.05, 0) is 30.7 Å². The van der Waals surface area contributed by atoms with Crippen LogP contribution in [0, 0.1) is 11.8 Å². The van der Waals surface area contributed by atoms with Crippen LogP contribution >= 0.6 is 0 Å². The van der Waals surface area contributed by atoms with Crippen LogP contribution in [-0.2, 0) is 0 Å². The molecule has 1 aliphatic carbocycles. The Bertz CT molecular complexity index is 377. The minimum Gasteiger partial charge on any atom is -0.493 e. The van der Waals surface area contributed by atoms with Crippen molar-refractivity contribution in [1.29, 1.82) is 0 Å². The first-order chi connectivity index (χ1) is 7.86. The second-order valence-corrected chi connectivity index (χ2v) is 5.08. The molecule has 0 saturated heterocycles. The van der Waals surface area contributed by atoms with Gasteiger partial charge >= 0.3 is 0 Å². The minimum absolute atomic E-state index is 0.170. The standard InChI is InChI=1S/C14H19NO/c15-14-11-6-2-1-5-10(11)9-16-13-8-4-3-7-12(13)14/h3-4,7-8,10-11,14H,1-2,5-6,9,15H2/t10-,11+,14-/m0/s1. The van der Waals surface area contributed by atoms with E-state index in [0.29, 0.717) is 11.8 Å².